The zero-order valence-electron chi connectivity index (χ0n) is 14.0. The van der Waals surface area contributed by atoms with E-state index in [4.69, 9.17) is 11.6 Å². The third-order valence-electron chi connectivity index (χ3n) is 3.88. The number of thiophene rings is 1. The minimum absolute atomic E-state index is 0.240. The van der Waals surface area contributed by atoms with E-state index in [9.17, 15) is 14.7 Å². The van der Waals surface area contributed by atoms with Gasteiger partial charge in [-0.1, -0.05) is 11.6 Å². The van der Waals surface area contributed by atoms with Gasteiger partial charge in [0.05, 0.1) is 14.6 Å². The first-order valence-electron chi connectivity index (χ1n) is 7.89. The highest BCUT2D eigenvalue weighted by molar-refractivity contribution is 7.22. The number of anilines is 1. The minimum atomic E-state index is -0.960. The van der Waals surface area contributed by atoms with Gasteiger partial charge in [-0.3, -0.25) is 14.0 Å². The molecule has 4 rings (SSSR count). The van der Waals surface area contributed by atoms with Crippen molar-refractivity contribution < 1.29 is 9.90 Å². The summed E-state index contributed by atoms with van der Waals surface area (Å²) < 4.78 is 3.96. The lowest BCUT2D eigenvalue weighted by Gasteiger charge is -2.12. The Balaban J connectivity index is 1.78. The highest BCUT2D eigenvalue weighted by Gasteiger charge is 2.20. The summed E-state index contributed by atoms with van der Waals surface area (Å²) in [5.74, 6) is 0.0854. The fraction of sp³-hybridized carbons (Fsp3) is 0.188. The van der Waals surface area contributed by atoms with Crippen molar-refractivity contribution in [2.45, 2.75) is 19.6 Å². The molecule has 0 radical (unpaired) electrons. The van der Waals surface area contributed by atoms with E-state index >= 15 is 0 Å². The Bertz CT molecular complexity index is 1210. The van der Waals surface area contributed by atoms with E-state index in [-0.39, 0.29) is 12.4 Å². The van der Waals surface area contributed by atoms with Gasteiger partial charge in [0.2, 0.25) is 5.91 Å². The van der Waals surface area contributed by atoms with Crippen LogP contribution in [0.1, 0.15) is 18.9 Å². The van der Waals surface area contributed by atoms with Crippen molar-refractivity contribution in [2.75, 3.05) is 5.32 Å². The number of hydrogen-bond donors (Lipinski definition) is 2. The topological polar surface area (TPSA) is 114 Å². The number of rotatable bonds is 4. The number of halogens is 1. The Labute approximate surface area is 160 Å². The fourth-order valence-corrected chi connectivity index (χ4v) is 3.93. The number of carbonyl (C=O) groups excluding carboxylic acids is 1. The van der Waals surface area contributed by atoms with E-state index in [1.807, 2.05) is 0 Å². The third-order valence-corrected chi connectivity index (χ3v) is 5.08. The highest BCUT2D eigenvalue weighted by atomic mass is 35.5. The van der Waals surface area contributed by atoms with E-state index in [1.165, 1.54) is 36.9 Å². The number of aliphatic hydroxyl groups is 1. The molecule has 0 saturated heterocycles. The molecular formula is C16H13ClN6O3S. The molecule has 27 heavy (non-hydrogen) atoms. The van der Waals surface area contributed by atoms with Gasteiger partial charge in [0.15, 0.2) is 5.82 Å². The standard InChI is InChI=1S/C16H13ClN6O3S/c1-8(24)15-21-22(6-14(25)20-13-2-3-18-7-19-13)16(26)10-4-11-9(23(10)15)5-12(17)27-11/h2-5,7-8,24H,6H2,1H3,(H,18,19,20,25). The molecule has 0 spiro atoms. The van der Waals surface area contributed by atoms with Gasteiger partial charge in [-0.15, -0.1) is 11.3 Å². The molecule has 0 aliphatic rings. The normalized spacial score (nSPS) is 12.6. The summed E-state index contributed by atoms with van der Waals surface area (Å²) in [6.07, 6.45) is 1.83. The molecule has 0 aliphatic carbocycles. The van der Waals surface area contributed by atoms with Gasteiger partial charge in [0.1, 0.15) is 30.3 Å². The summed E-state index contributed by atoms with van der Waals surface area (Å²) in [7, 11) is 0. The van der Waals surface area contributed by atoms with Crippen LogP contribution in [0.2, 0.25) is 4.34 Å². The van der Waals surface area contributed by atoms with E-state index in [0.717, 1.165) is 9.38 Å². The van der Waals surface area contributed by atoms with Crippen LogP contribution in [0.25, 0.3) is 15.7 Å². The summed E-state index contributed by atoms with van der Waals surface area (Å²) in [4.78, 5) is 32.7. The number of nitrogens with zero attached hydrogens (tertiary/aromatic N) is 5. The van der Waals surface area contributed by atoms with Gasteiger partial charge in [0, 0.05) is 6.20 Å². The Hall–Kier alpha value is -2.82. The lowest BCUT2D eigenvalue weighted by atomic mass is 10.3. The van der Waals surface area contributed by atoms with Crippen LogP contribution in [-0.4, -0.2) is 35.2 Å². The number of fused-ring (bicyclic) bond motifs is 3. The molecular weight excluding hydrogens is 392 g/mol. The Morgan fingerprint density at radius 2 is 2.22 bits per heavy atom. The second-order valence-electron chi connectivity index (χ2n) is 5.80. The average molecular weight is 405 g/mol. The number of aromatic nitrogens is 5. The first kappa shape index (κ1) is 17.6. The molecule has 0 saturated carbocycles. The van der Waals surface area contributed by atoms with Crippen molar-refractivity contribution >= 4 is 50.4 Å². The maximum absolute atomic E-state index is 12.8. The van der Waals surface area contributed by atoms with Crippen LogP contribution in [0, 0.1) is 0 Å². The van der Waals surface area contributed by atoms with Crippen molar-refractivity contribution in [3.8, 4) is 0 Å². The monoisotopic (exact) mass is 404 g/mol. The van der Waals surface area contributed by atoms with Crippen LogP contribution in [0.3, 0.4) is 0 Å². The number of nitrogens with one attached hydrogen (secondary N) is 1. The number of aliphatic hydroxyl groups excluding tert-OH is 1. The lowest BCUT2D eigenvalue weighted by molar-refractivity contribution is -0.117. The second kappa shape index (κ2) is 6.72. The predicted molar refractivity (Wildman–Crippen MR) is 101 cm³/mol. The SMILES string of the molecule is CC(O)c1nn(CC(=O)Nc2ccncn2)c(=O)c2cc3sc(Cl)cc3n12. The van der Waals surface area contributed by atoms with Gasteiger partial charge >= 0.3 is 0 Å². The Morgan fingerprint density at radius 1 is 1.41 bits per heavy atom. The quantitative estimate of drug-likeness (QED) is 0.536. The Kier molecular flexibility index (Phi) is 4.38. The molecule has 0 fully saturated rings. The van der Waals surface area contributed by atoms with Crippen LogP contribution >= 0.6 is 22.9 Å². The van der Waals surface area contributed by atoms with Crippen LogP contribution in [0.4, 0.5) is 5.82 Å². The largest absolute Gasteiger partial charge is 0.385 e. The van der Waals surface area contributed by atoms with Crippen LogP contribution < -0.4 is 10.9 Å². The first-order valence-corrected chi connectivity index (χ1v) is 9.09. The maximum atomic E-state index is 12.8. The summed E-state index contributed by atoms with van der Waals surface area (Å²) >= 11 is 7.37. The van der Waals surface area contributed by atoms with Crippen LogP contribution in [0.5, 0.6) is 0 Å². The van der Waals surface area contributed by atoms with Gasteiger partial charge in [-0.2, -0.15) is 5.10 Å². The second-order valence-corrected chi connectivity index (χ2v) is 7.52. The lowest BCUT2D eigenvalue weighted by Crippen LogP contribution is -2.32. The molecule has 2 N–H and O–H groups in total. The summed E-state index contributed by atoms with van der Waals surface area (Å²) in [5.41, 5.74) is 0.559. The molecule has 1 unspecified atom stereocenters. The van der Waals surface area contributed by atoms with Gasteiger partial charge < -0.3 is 10.4 Å². The molecule has 9 nitrogen and oxygen atoms in total. The molecule has 0 aromatic carbocycles. The smallest absolute Gasteiger partial charge is 0.291 e. The summed E-state index contributed by atoms with van der Waals surface area (Å²) in [6.45, 7) is 1.22. The maximum Gasteiger partial charge on any atom is 0.291 e. The zero-order chi connectivity index (χ0) is 19.1. The molecule has 4 aromatic rings. The average Bonchev–Trinajstić information content (AvgIpc) is 3.14. The van der Waals surface area contributed by atoms with Crippen molar-refractivity contribution in [3.05, 3.63) is 51.2 Å². The fourth-order valence-electron chi connectivity index (χ4n) is 2.77. The number of amides is 1. The number of carbonyl (C=O) groups is 1. The summed E-state index contributed by atoms with van der Waals surface area (Å²) in [5, 5.41) is 16.9. The number of hydrogen-bond acceptors (Lipinski definition) is 7. The van der Waals surface area contributed by atoms with E-state index in [2.05, 4.69) is 20.4 Å². The molecule has 1 atom stereocenters. The highest BCUT2D eigenvalue weighted by Crippen LogP contribution is 2.32. The van der Waals surface area contributed by atoms with E-state index in [0.29, 0.717) is 21.2 Å². The molecule has 138 valence electrons. The molecule has 11 heteroatoms. The molecule has 1 amide bonds. The van der Waals surface area contributed by atoms with Crippen molar-refractivity contribution in [1.29, 1.82) is 0 Å². The molecule has 0 aliphatic heterocycles. The van der Waals surface area contributed by atoms with Gasteiger partial charge in [-0.25, -0.2) is 14.6 Å². The van der Waals surface area contributed by atoms with Crippen molar-refractivity contribution in [3.63, 3.8) is 0 Å². The van der Waals surface area contributed by atoms with Crippen LogP contribution in [0.15, 0.2) is 35.5 Å². The Morgan fingerprint density at radius 3 is 2.93 bits per heavy atom. The van der Waals surface area contributed by atoms with Gasteiger partial charge in [0.25, 0.3) is 5.56 Å². The molecule has 4 aromatic heterocycles. The molecule has 4 heterocycles. The van der Waals surface area contributed by atoms with E-state index in [1.54, 1.807) is 16.5 Å². The summed E-state index contributed by atoms with van der Waals surface area (Å²) in [6, 6.07) is 4.93. The first-order chi connectivity index (χ1) is 12.9. The third kappa shape index (κ3) is 3.18. The predicted octanol–water partition coefficient (Wildman–Crippen LogP) is 1.85. The minimum Gasteiger partial charge on any atom is -0.385 e. The zero-order valence-corrected chi connectivity index (χ0v) is 15.5. The van der Waals surface area contributed by atoms with Crippen molar-refractivity contribution in [1.82, 2.24) is 24.1 Å². The van der Waals surface area contributed by atoms with Crippen molar-refractivity contribution in [2.24, 2.45) is 0 Å². The van der Waals surface area contributed by atoms with E-state index < -0.39 is 17.6 Å². The van der Waals surface area contributed by atoms with Crippen LogP contribution in [-0.2, 0) is 11.3 Å². The molecule has 0 bridgehead atoms. The van der Waals surface area contributed by atoms with Gasteiger partial charge in [-0.05, 0) is 25.1 Å².